The van der Waals surface area contributed by atoms with Gasteiger partial charge in [-0.05, 0) is 50.1 Å². The summed E-state index contributed by atoms with van der Waals surface area (Å²) in [6.07, 6.45) is 4.54. The first-order valence-electron chi connectivity index (χ1n) is 7.09. The van der Waals surface area contributed by atoms with Gasteiger partial charge in [0.15, 0.2) is 5.75 Å². The van der Waals surface area contributed by atoms with Crippen molar-refractivity contribution >= 4 is 16.6 Å². The molecule has 1 aliphatic rings. The molecule has 21 heavy (non-hydrogen) atoms. The largest absolute Gasteiger partial charge is 0.483 e. The minimum Gasteiger partial charge on any atom is -0.483 e. The van der Waals surface area contributed by atoms with Gasteiger partial charge in [0.2, 0.25) is 0 Å². The highest BCUT2D eigenvalue weighted by molar-refractivity contribution is 5.90. The van der Waals surface area contributed by atoms with Gasteiger partial charge in [-0.15, -0.1) is 0 Å². The number of benzene rings is 1. The molecule has 6 heteroatoms. The van der Waals surface area contributed by atoms with Crippen molar-refractivity contribution in [3.8, 4) is 5.75 Å². The van der Waals surface area contributed by atoms with Gasteiger partial charge in [0, 0.05) is 12.1 Å². The van der Waals surface area contributed by atoms with E-state index in [1.165, 1.54) is 0 Å². The molecule has 2 atom stereocenters. The van der Waals surface area contributed by atoms with E-state index in [1.54, 1.807) is 30.5 Å². The van der Waals surface area contributed by atoms with Crippen molar-refractivity contribution in [1.82, 2.24) is 4.98 Å². The van der Waals surface area contributed by atoms with Gasteiger partial charge in [0.05, 0.1) is 15.8 Å². The summed E-state index contributed by atoms with van der Waals surface area (Å²) in [6.45, 7) is 0.549. The molecule has 0 amide bonds. The topological polar surface area (TPSA) is 91.3 Å². The second kappa shape index (κ2) is 5.65. The van der Waals surface area contributed by atoms with Crippen molar-refractivity contribution in [2.45, 2.75) is 25.4 Å². The van der Waals surface area contributed by atoms with E-state index in [-0.39, 0.29) is 17.7 Å². The van der Waals surface area contributed by atoms with E-state index in [9.17, 15) is 10.1 Å². The number of hydrogen-bond donors (Lipinski definition) is 1. The molecule has 6 nitrogen and oxygen atoms in total. The second-order valence-electron chi connectivity index (χ2n) is 5.32. The third kappa shape index (κ3) is 2.54. The van der Waals surface area contributed by atoms with Crippen LogP contribution in [0.3, 0.4) is 0 Å². The maximum Gasteiger partial charge on any atom is 0.320 e. The molecule has 1 aromatic heterocycles. The highest BCUT2D eigenvalue weighted by Crippen LogP contribution is 2.37. The van der Waals surface area contributed by atoms with Crippen LogP contribution in [0, 0.1) is 16.0 Å². The number of nitro benzene ring substituents is 1. The third-order valence-corrected chi connectivity index (χ3v) is 4.07. The van der Waals surface area contributed by atoms with Crippen LogP contribution in [0.5, 0.6) is 5.75 Å². The Morgan fingerprint density at radius 1 is 1.38 bits per heavy atom. The van der Waals surface area contributed by atoms with Crippen LogP contribution in [0.15, 0.2) is 30.5 Å². The number of hydrogen-bond acceptors (Lipinski definition) is 5. The van der Waals surface area contributed by atoms with Crippen LogP contribution >= 0.6 is 0 Å². The average molecular weight is 287 g/mol. The minimum atomic E-state index is -0.397. The number of nitro groups is 1. The van der Waals surface area contributed by atoms with Crippen molar-refractivity contribution in [2.24, 2.45) is 11.7 Å². The van der Waals surface area contributed by atoms with E-state index in [1.807, 2.05) is 0 Å². The normalized spacial score (nSPS) is 21.6. The quantitative estimate of drug-likeness (QED) is 0.689. The van der Waals surface area contributed by atoms with Crippen LogP contribution in [0.1, 0.15) is 19.3 Å². The molecule has 1 fully saturated rings. The molecule has 2 aromatic rings. The molecule has 0 radical (unpaired) electrons. The molecule has 0 saturated heterocycles. The first kappa shape index (κ1) is 13.8. The van der Waals surface area contributed by atoms with Gasteiger partial charge in [0.1, 0.15) is 6.10 Å². The number of fused-ring (bicyclic) bond motifs is 1. The van der Waals surface area contributed by atoms with Gasteiger partial charge >= 0.3 is 5.69 Å². The number of nitrogens with zero attached hydrogens (tertiary/aromatic N) is 2. The standard InChI is InChI=1S/C15H17N3O3/c16-9-10-3-1-5-13(10)21-14-7-6-12-11(4-2-8-17-12)15(14)18(19)20/h2,4,6-8,10,13H,1,3,5,9,16H2. The van der Waals surface area contributed by atoms with Crippen LogP contribution in [0.2, 0.25) is 0 Å². The Bertz CT molecular complexity index is 674. The van der Waals surface area contributed by atoms with Gasteiger partial charge in [-0.25, -0.2) is 0 Å². The van der Waals surface area contributed by atoms with Crippen LogP contribution in [-0.4, -0.2) is 22.6 Å². The van der Waals surface area contributed by atoms with Gasteiger partial charge in [-0.1, -0.05) is 0 Å². The molecule has 1 aromatic carbocycles. The summed E-state index contributed by atoms with van der Waals surface area (Å²) >= 11 is 0. The molecule has 1 heterocycles. The fourth-order valence-electron chi connectivity index (χ4n) is 2.99. The summed E-state index contributed by atoms with van der Waals surface area (Å²) in [5.41, 5.74) is 6.33. The smallest absolute Gasteiger partial charge is 0.320 e. The van der Waals surface area contributed by atoms with Crippen LogP contribution in [0.25, 0.3) is 10.9 Å². The van der Waals surface area contributed by atoms with Crippen molar-refractivity contribution < 1.29 is 9.66 Å². The summed E-state index contributed by atoms with van der Waals surface area (Å²) in [5, 5.41) is 11.9. The molecule has 2 unspecified atom stereocenters. The summed E-state index contributed by atoms with van der Waals surface area (Å²) in [4.78, 5) is 15.2. The Morgan fingerprint density at radius 3 is 3.00 bits per heavy atom. The van der Waals surface area contributed by atoms with E-state index in [4.69, 9.17) is 10.5 Å². The molecule has 2 N–H and O–H groups in total. The fourth-order valence-corrected chi connectivity index (χ4v) is 2.99. The lowest BCUT2D eigenvalue weighted by atomic mass is 10.1. The van der Waals surface area contributed by atoms with Crippen molar-refractivity contribution in [2.75, 3.05) is 6.54 Å². The van der Waals surface area contributed by atoms with Gasteiger partial charge < -0.3 is 10.5 Å². The molecule has 3 rings (SSSR count). The van der Waals surface area contributed by atoms with Gasteiger partial charge in [-0.2, -0.15) is 0 Å². The molecule has 1 aliphatic carbocycles. The second-order valence-corrected chi connectivity index (χ2v) is 5.32. The zero-order valence-corrected chi connectivity index (χ0v) is 11.6. The molecule has 1 saturated carbocycles. The minimum absolute atomic E-state index is 0.0109. The molecular weight excluding hydrogens is 270 g/mol. The average Bonchev–Trinajstić information content (AvgIpc) is 2.93. The van der Waals surface area contributed by atoms with Crippen molar-refractivity contribution in [3.63, 3.8) is 0 Å². The summed E-state index contributed by atoms with van der Waals surface area (Å²) in [7, 11) is 0. The molecule has 110 valence electrons. The Kier molecular flexibility index (Phi) is 3.70. The van der Waals surface area contributed by atoms with E-state index in [0.29, 0.717) is 23.2 Å². The zero-order valence-electron chi connectivity index (χ0n) is 11.6. The van der Waals surface area contributed by atoms with E-state index < -0.39 is 4.92 Å². The predicted octanol–water partition coefficient (Wildman–Crippen LogP) is 2.65. The SMILES string of the molecule is NCC1CCCC1Oc1ccc2ncccc2c1[N+](=O)[O-]. The zero-order chi connectivity index (χ0) is 14.8. The maximum atomic E-state index is 11.4. The number of pyridine rings is 1. The molecule has 0 spiro atoms. The monoisotopic (exact) mass is 287 g/mol. The lowest BCUT2D eigenvalue weighted by Gasteiger charge is -2.20. The summed E-state index contributed by atoms with van der Waals surface area (Å²) < 4.78 is 5.93. The number of nitrogens with two attached hydrogens (primary N) is 1. The number of rotatable bonds is 4. The van der Waals surface area contributed by atoms with Crippen LogP contribution in [-0.2, 0) is 0 Å². The van der Waals surface area contributed by atoms with E-state index >= 15 is 0 Å². The van der Waals surface area contributed by atoms with Gasteiger partial charge in [0.25, 0.3) is 0 Å². The lowest BCUT2D eigenvalue weighted by Crippen LogP contribution is -2.27. The van der Waals surface area contributed by atoms with Gasteiger partial charge in [-0.3, -0.25) is 15.1 Å². The lowest BCUT2D eigenvalue weighted by molar-refractivity contribution is -0.384. The van der Waals surface area contributed by atoms with Crippen molar-refractivity contribution in [3.05, 3.63) is 40.6 Å². The highest BCUT2D eigenvalue weighted by atomic mass is 16.6. The Balaban J connectivity index is 2.02. The molecular formula is C15H17N3O3. The Labute approximate surface area is 122 Å². The van der Waals surface area contributed by atoms with E-state index in [2.05, 4.69) is 4.98 Å². The number of aromatic nitrogens is 1. The van der Waals surface area contributed by atoms with E-state index in [0.717, 1.165) is 19.3 Å². The van der Waals surface area contributed by atoms with Crippen molar-refractivity contribution in [1.29, 1.82) is 0 Å². The van der Waals surface area contributed by atoms with Crippen LogP contribution in [0.4, 0.5) is 5.69 Å². The first-order valence-corrected chi connectivity index (χ1v) is 7.09. The fraction of sp³-hybridized carbons (Fsp3) is 0.400. The molecule has 0 bridgehead atoms. The molecule has 0 aliphatic heterocycles. The Morgan fingerprint density at radius 2 is 2.24 bits per heavy atom. The third-order valence-electron chi connectivity index (χ3n) is 4.07. The van der Waals surface area contributed by atoms with Crippen LogP contribution < -0.4 is 10.5 Å². The summed E-state index contributed by atoms with van der Waals surface area (Å²) in [6, 6.07) is 6.78. The Hall–Kier alpha value is -2.21. The number of ether oxygens (including phenoxy) is 1. The maximum absolute atomic E-state index is 11.4. The first-order chi connectivity index (χ1) is 10.2. The predicted molar refractivity (Wildman–Crippen MR) is 79.2 cm³/mol. The summed E-state index contributed by atoms with van der Waals surface area (Å²) in [5.74, 6) is 0.583. The highest BCUT2D eigenvalue weighted by Gasteiger charge is 2.30.